The molecule has 8 heteroatoms. The zero-order chi connectivity index (χ0) is 30.6. The molecule has 3 heterocycles. The van der Waals surface area contributed by atoms with Crippen LogP contribution in [0.15, 0.2) is 90.0 Å². The highest BCUT2D eigenvalue weighted by Crippen LogP contribution is 2.48. The summed E-state index contributed by atoms with van der Waals surface area (Å²) in [5.74, 6) is 1.54. The summed E-state index contributed by atoms with van der Waals surface area (Å²) in [4.78, 5) is 17.9. The highest BCUT2D eigenvalue weighted by atomic mass is 35.5. The summed E-state index contributed by atoms with van der Waals surface area (Å²) in [6.45, 7) is 5.52. The Morgan fingerprint density at radius 3 is 2.59 bits per heavy atom. The summed E-state index contributed by atoms with van der Waals surface area (Å²) < 4.78 is 13.8. The molecule has 226 valence electrons. The molecule has 44 heavy (non-hydrogen) atoms. The van der Waals surface area contributed by atoms with Crippen LogP contribution in [0.5, 0.6) is 5.75 Å². The molecule has 6 rings (SSSR count). The van der Waals surface area contributed by atoms with Crippen LogP contribution in [0, 0.1) is 0 Å². The number of hydrogen-bond donors (Lipinski definition) is 0. The average molecular weight is 643 g/mol. The molecule has 0 bridgehead atoms. The highest BCUT2D eigenvalue weighted by molar-refractivity contribution is 8.00. The number of aromatic nitrogens is 2. The number of nitrogens with zero attached hydrogens (tertiary/aromatic N) is 2. The van der Waals surface area contributed by atoms with Crippen LogP contribution in [0.4, 0.5) is 0 Å². The Kier molecular flexibility index (Phi) is 9.55. The Hall–Kier alpha value is -3.39. The van der Waals surface area contributed by atoms with Crippen molar-refractivity contribution in [2.24, 2.45) is 0 Å². The minimum absolute atomic E-state index is 0.141. The van der Waals surface area contributed by atoms with E-state index in [9.17, 15) is 4.79 Å². The van der Waals surface area contributed by atoms with Gasteiger partial charge in [-0.2, -0.15) is 11.8 Å². The number of methoxy groups -OCH3 is 1. The van der Waals surface area contributed by atoms with E-state index >= 15 is 0 Å². The molecule has 0 radical (unpaired) electrons. The highest BCUT2D eigenvalue weighted by Gasteiger charge is 2.29. The largest absolute Gasteiger partial charge is 0.487 e. The van der Waals surface area contributed by atoms with Crippen molar-refractivity contribution in [2.75, 3.05) is 7.11 Å². The van der Waals surface area contributed by atoms with Gasteiger partial charge >= 0.3 is 5.97 Å². The second kappa shape index (κ2) is 13.7. The standard InChI is InChI=1S/C36H35ClN2O3S2/c1-23(18-34(40)41-3)43-22-32-36-35-30(17-24(2)44-36)33(16-15-31(35)39(32)20-25-9-12-28(37)13-10-25)42-21-29-14-11-27(19-38-29)26-7-5-4-6-8-26/h4-16,19,23-24H,17-18,20-22H2,1-3H3. The minimum atomic E-state index is -0.177. The van der Waals surface area contributed by atoms with Crippen LogP contribution >= 0.6 is 35.1 Å². The third kappa shape index (κ3) is 6.80. The van der Waals surface area contributed by atoms with E-state index in [1.54, 1.807) is 11.8 Å². The maximum absolute atomic E-state index is 11.9. The van der Waals surface area contributed by atoms with Crippen molar-refractivity contribution < 1.29 is 14.3 Å². The van der Waals surface area contributed by atoms with E-state index in [1.165, 1.54) is 39.7 Å². The smallest absolute Gasteiger partial charge is 0.306 e. The first-order valence-corrected chi connectivity index (χ1v) is 17.1. The van der Waals surface area contributed by atoms with Gasteiger partial charge in [-0.05, 0) is 47.9 Å². The van der Waals surface area contributed by atoms with Gasteiger partial charge in [-0.1, -0.05) is 74.0 Å². The van der Waals surface area contributed by atoms with Crippen molar-refractivity contribution in [2.45, 2.75) is 61.0 Å². The zero-order valence-corrected chi connectivity index (χ0v) is 27.5. The fourth-order valence-electron chi connectivity index (χ4n) is 5.66. The van der Waals surface area contributed by atoms with Crippen LogP contribution in [0.25, 0.3) is 22.0 Å². The summed E-state index contributed by atoms with van der Waals surface area (Å²) in [6.07, 6.45) is 3.24. The molecule has 0 saturated carbocycles. The number of carbonyl (C=O) groups excluding carboxylic acids is 1. The van der Waals surface area contributed by atoms with Gasteiger partial charge in [0.1, 0.15) is 12.4 Å². The van der Waals surface area contributed by atoms with Crippen molar-refractivity contribution in [3.05, 3.63) is 113 Å². The van der Waals surface area contributed by atoms with Gasteiger partial charge in [-0.25, -0.2) is 0 Å². The Labute approximate surface area is 272 Å². The predicted octanol–water partition coefficient (Wildman–Crippen LogP) is 9.21. The molecule has 1 aliphatic rings. The molecule has 5 aromatic rings. The number of carbonyl (C=O) groups is 1. The van der Waals surface area contributed by atoms with E-state index in [2.05, 4.69) is 60.9 Å². The number of thioether (sulfide) groups is 2. The second-order valence-electron chi connectivity index (χ2n) is 11.2. The van der Waals surface area contributed by atoms with E-state index < -0.39 is 0 Å². The summed E-state index contributed by atoms with van der Waals surface area (Å²) >= 11 is 9.94. The number of hydrogen-bond acceptors (Lipinski definition) is 6. The van der Waals surface area contributed by atoms with Crippen molar-refractivity contribution in [3.8, 4) is 16.9 Å². The molecule has 0 amide bonds. The third-order valence-electron chi connectivity index (χ3n) is 7.91. The van der Waals surface area contributed by atoms with E-state index in [-0.39, 0.29) is 11.2 Å². The van der Waals surface area contributed by atoms with Gasteiger partial charge in [0.15, 0.2) is 0 Å². The Morgan fingerprint density at radius 2 is 1.86 bits per heavy atom. The molecule has 0 aliphatic carbocycles. The second-order valence-corrected chi connectivity index (χ2v) is 14.5. The first-order chi connectivity index (χ1) is 21.4. The Balaban J connectivity index is 1.32. The van der Waals surface area contributed by atoms with Gasteiger partial charge in [-0.15, -0.1) is 11.8 Å². The summed E-state index contributed by atoms with van der Waals surface area (Å²) in [5.41, 5.74) is 8.08. The SMILES string of the molecule is COC(=O)CC(C)SCc1c2c3c(c(OCc4ccc(-c5ccccc5)cn4)ccc3n1Cc1ccc(Cl)cc1)CC(C)S2. The molecular weight excluding hydrogens is 608 g/mol. The topological polar surface area (TPSA) is 53.4 Å². The normalized spacial score (nSPS) is 14.9. The quantitative estimate of drug-likeness (QED) is 0.134. The minimum Gasteiger partial charge on any atom is -0.487 e. The lowest BCUT2D eigenvalue weighted by Gasteiger charge is -2.22. The molecular formula is C36H35ClN2O3S2. The molecule has 2 aromatic heterocycles. The van der Waals surface area contributed by atoms with Crippen LogP contribution < -0.4 is 4.74 Å². The maximum atomic E-state index is 11.9. The van der Waals surface area contributed by atoms with E-state index in [1.807, 2.05) is 54.4 Å². The number of pyridine rings is 1. The molecule has 0 N–H and O–H groups in total. The molecule has 0 spiro atoms. The lowest BCUT2D eigenvalue weighted by atomic mass is 10.0. The van der Waals surface area contributed by atoms with Crippen molar-refractivity contribution in [1.82, 2.24) is 9.55 Å². The molecule has 1 aliphatic heterocycles. The van der Waals surface area contributed by atoms with Gasteiger partial charge < -0.3 is 14.0 Å². The van der Waals surface area contributed by atoms with E-state index in [0.29, 0.717) is 18.3 Å². The third-order valence-corrected chi connectivity index (χ3v) is 10.6. The van der Waals surface area contributed by atoms with Crippen molar-refractivity contribution in [1.29, 1.82) is 0 Å². The van der Waals surface area contributed by atoms with Gasteiger partial charge in [0.2, 0.25) is 0 Å². The van der Waals surface area contributed by atoms with Crippen molar-refractivity contribution in [3.63, 3.8) is 0 Å². The summed E-state index contributed by atoms with van der Waals surface area (Å²) in [6, 6.07) is 26.8. The number of ether oxygens (including phenoxy) is 2. The molecule has 0 saturated heterocycles. The fraction of sp³-hybridized carbons (Fsp3) is 0.278. The van der Waals surface area contributed by atoms with Crippen molar-refractivity contribution >= 4 is 52.0 Å². The van der Waals surface area contributed by atoms with E-state index in [4.69, 9.17) is 26.1 Å². The van der Waals surface area contributed by atoms with Gasteiger partial charge in [0.25, 0.3) is 0 Å². The van der Waals surface area contributed by atoms with Crippen LogP contribution in [0.1, 0.15) is 42.8 Å². The first-order valence-electron chi connectivity index (χ1n) is 14.8. The van der Waals surface area contributed by atoms with Crippen LogP contribution in [0.3, 0.4) is 0 Å². The maximum Gasteiger partial charge on any atom is 0.306 e. The summed E-state index contributed by atoms with van der Waals surface area (Å²) in [5, 5.41) is 2.56. The zero-order valence-electron chi connectivity index (χ0n) is 25.1. The number of benzene rings is 3. The molecule has 0 fully saturated rings. The lowest BCUT2D eigenvalue weighted by molar-refractivity contribution is -0.140. The van der Waals surface area contributed by atoms with Gasteiger partial charge in [-0.3, -0.25) is 9.78 Å². The average Bonchev–Trinajstić information content (AvgIpc) is 3.33. The molecule has 3 aromatic carbocycles. The lowest BCUT2D eigenvalue weighted by Crippen LogP contribution is -2.11. The monoisotopic (exact) mass is 642 g/mol. The fourth-order valence-corrected chi connectivity index (χ4v) is 8.19. The predicted molar refractivity (Wildman–Crippen MR) is 183 cm³/mol. The van der Waals surface area contributed by atoms with Gasteiger partial charge in [0.05, 0.1) is 24.7 Å². The number of rotatable bonds is 11. The summed E-state index contributed by atoms with van der Waals surface area (Å²) in [7, 11) is 1.45. The number of halogens is 1. The number of esters is 1. The van der Waals surface area contributed by atoms with E-state index in [0.717, 1.165) is 46.3 Å². The Morgan fingerprint density at radius 1 is 1.07 bits per heavy atom. The molecule has 2 unspecified atom stereocenters. The van der Waals surface area contributed by atoms with Crippen LogP contribution in [-0.2, 0) is 34.9 Å². The molecule has 5 nitrogen and oxygen atoms in total. The molecule has 2 atom stereocenters. The first kappa shape index (κ1) is 30.6. The van der Waals surface area contributed by atoms with Crippen LogP contribution in [-0.4, -0.2) is 33.1 Å². The van der Waals surface area contributed by atoms with Gasteiger partial charge in [0, 0.05) is 61.1 Å². The Bertz CT molecular complexity index is 1760. The van der Waals surface area contributed by atoms with Crippen LogP contribution in [0.2, 0.25) is 5.02 Å².